The Bertz CT molecular complexity index is 945. The molecule has 0 saturated carbocycles. The van der Waals surface area contributed by atoms with E-state index in [9.17, 15) is 13.2 Å². The van der Waals surface area contributed by atoms with Crippen molar-refractivity contribution in [3.63, 3.8) is 0 Å². The van der Waals surface area contributed by atoms with Gasteiger partial charge in [0, 0.05) is 32.4 Å². The van der Waals surface area contributed by atoms with Crippen LogP contribution in [0.4, 0.5) is 5.69 Å². The quantitative estimate of drug-likeness (QED) is 0.631. The maximum atomic E-state index is 12.6. The molecule has 0 fully saturated rings. The van der Waals surface area contributed by atoms with E-state index < -0.39 is 10.0 Å². The van der Waals surface area contributed by atoms with Gasteiger partial charge in [-0.05, 0) is 48.7 Å². The number of nitrogens with one attached hydrogen (secondary N) is 1. The van der Waals surface area contributed by atoms with Crippen LogP contribution in [0.2, 0.25) is 0 Å². The van der Waals surface area contributed by atoms with Crippen molar-refractivity contribution in [2.75, 3.05) is 45.2 Å². The van der Waals surface area contributed by atoms with Crippen LogP contribution in [0.3, 0.4) is 0 Å². The van der Waals surface area contributed by atoms with Crippen molar-refractivity contribution >= 4 is 21.6 Å². The molecule has 2 aromatic rings. The van der Waals surface area contributed by atoms with Gasteiger partial charge in [-0.15, -0.1) is 0 Å². The second kappa shape index (κ2) is 9.28. The van der Waals surface area contributed by atoms with E-state index in [1.54, 1.807) is 12.1 Å². The third-order valence-electron chi connectivity index (χ3n) is 5.04. The van der Waals surface area contributed by atoms with E-state index in [0.29, 0.717) is 12.3 Å². The minimum atomic E-state index is -3.73. The largest absolute Gasteiger partial charge is 0.497 e. The Kier molecular flexibility index (Phi) is 6.76. The Morgan fingerprint density at radius 2 is 1.90 bits per heavy atom. The topological polar surface area (TPSA) is 79.0 Å². The van der Waals surface area contributed by atoms with Gasteiger partial charge >= 0.3 is 0 Å². The van der Waals surface area contributed by atoms with E-state index >= 15 is 0 Å². The fourth-order valence-electron chi connectivity index (χ4n) is 3.41. The fraction of sp³-hybridized carbons (Fsp3) is 0.381. The smallest absolute Gasteiger partial charge is 0.243 e. The Morgan fingerprint density at radius 1 is 1.17 bits per heavy atom. The Morgan fingerprint density at radius 3 is 2.62 bits per heavy atom. The van der Waals surface area contributed by atoms with Crippen molar-refractivity contribution in [2.24, 2.45) is 0 Å². The van der Waals surface area contributed by atoms with Crippen LogP contribution in [-0.2, 0) is 21.2 Å². The number of anilines is 1. The predicted octanol–water partition coefficient (Wildman–Crippen LogP) is 1.88. The van der Waals surface area contributed by atoms with Crippen molar-refractivity contribution in [1.82, 2.24) is 9.62 Å². The number of para-hydroxylation sites is 1. The molecule has 0 aromatic heterocycles. The van der Waals surface area contributed by atoms with E-state index in [0.717, 1.165) is 30.2 Å². The summed E-state index contributed by atoms with van der Waals surface area (Å²) in [7, 11) is -0.808. The standard InChI is InChI=1S/C21H27N3O4S/c1-23(29(26,27)19-10-8-18(28-2)9-11-19)16-21(25)22-13-5-14-24-15-12-17-6-3-4-7-20(17)24/h3-4,6-11H,5,12-16H2,1-2H3,(H,22,25). The molecule has 1 aliphatic rings. The van der Waals surface area contributed by atoms with Crippen LogP contribution >= 0.6 is 0 Å². The van der Waals surface area contributed by atoms with Crippen molar-refractivity contribution in [1.29, 1.82) is 0 Å². The molecule has 1 amide bonds. The van der Waals surface area contributed by atoms with Crippen molar-refractivity contribution < 1.29 is 17.9 Å². The zero-order valence-corrected chi connectivity index (χ0v) is 17.6. The highest BCUT2D eigenvalue weighted by Gasteiger charge is 2.23. The maximum Gasteiger partial charge on any atom is 0.243 e. The molecule has 0 atom stereocenters. The molecule has 1 N–H and O–H groups in total. The lowest BCUT2D eigenvalue weighted by Gasteiger charge is -2.20. The Balaban J connectivity index is 1.44. The van der Waals surface area contributed by atoms with Crippen LogP contribution in [0, 0.1) is 0 Å². The summed E-state index contributed by atoms with van der Waals surface area (Å²) in [6.45, 7) is 2.14. The second-order valence-electron chi connectivity index (χ2n) is 7.01. The van der Waals surface area contributed by atoms with Gasteiger partial charge in [0.1, 0.15) is 5.75 Å². The average molecular weight is 418 g/mol. The number of nitrogens with zero attached hydrogens (tertiary/aromatic N) is 2. The molecule has 1 heterocycles. The minimum Gasteiger partial charge on any atom is -0.497 e. The van der Waals surface area contributed by atoms with Crippen LogP contribution < -0.4 is 15.0 Å². The monoisotopic (exact) mass is 417 g/mol. The molecule has 8 heteroatoms. The number of hydrogen-bond acceptors (Lipinski definition) is 5. The highest BCUT2D eigenvalue weighted by molar-refractivity contribution is 7.89. The van der Waals surface area contributed by atoms with Crippen LogP contribution in [0.15, 0.2) is 53.4 Å². The summed E-state index contributed by atoms with van der Waals surface area (Å²) < 4.78 is 31.3. The number of fused-ring (bicyclic) bond motifs is 1. The first-order valence-corrected chi connectivity index (χ1v) is 11.1. The summed E-state index contributed by atoms with van der Waals surface area (Å²) in [5.74, 6) is 0.261. The van der Waals surface area contributed by atoms with E-state index in [1.807, 2.05) is 6.07 Å². The van der Waals surface area contributed by atoms with Crippen molar-refractivity contribution in [2.45, 2.75) is 17.7 Å². The highest BCUT2D eigenvalue weighted by Crippen LogP contribution is 2.27. The van der Waals surface area contributed by atoms with Crippen LogP contribution in [-0.4, -0.2) is 59.0 Å². The number of ether oxygens (including phenoxy) is 1. The number of hydrogen-bond donors (Lipinski definition) is 1. The van der Waals surface area contributed by atoms with Gasteiger partial charge in [-0.25, -0.2) is 8.42 Å². The molecule has 29 heavy (non-hydrogen) atoms. The molecular weight excluding hydrogens is 390 g/mol. The molecule has 3 rings (SSSR count). The van der Waals surface area contributed by atoms with Gasteiger partial charge in [0.2, 0.25) is 15.9 Å². The Labute approximate surface area is 172 Å². The SMILES string of the molecule is COc1ccc(S(=O)(=O)N(C)CC(=O)NCCCN2CCc3ccccc32)cc1. The Hall–Kier alpha value is -2.58. The summed E-state index contributed by atoms with van der Waals surface area (Å²) in [6, 6.07) is 14.5. The summed E-state index contributed by atoms with van der Waals surface area (Å²) in [4.78, 5) is 14.6. The van der Waals surface area contributed by atoms with Gasteiger partial charge in [-0.2, -0.15) is 4.31 Å². The number of rotatable bonds is 9. The number of benzene rings is 2. The molecule has 156 valence electrons. The highest BCUT2D eigenvalue weighted by atomic mass is 32.2. The van der Waals surface area contributed by atoms with Gasteiger partial charge in [0.15, 0.2) is 0 Å². The number of methoxy groups -OCH3 is 1. The van der Waals surface area contributed by atoms with E-state index in [-0.39, 0.29) is 17.3 Å². The van der Waals surface area contributed by atoms with Crippen molar-refractivity contribution in [3.8, 4) is 5.75 Å². The molecular formula is C21H27N3O4S. The molecule has 0 spiro atoms. The lowest BCUT2D eigenvalue weighted by Crippen LogP contribution is -2.39. The van der Waals surface area contributed by atoms with E-state index in [4.69, 9.17) is 4.74 Å². The summed E-state index contributed by atoms with van der Waals surface area (Å²) >= 11 is 0. The predicted molar refractivity (Wildman–Crippen MR) is 113 cm³/mol. The van der Waals surface area contributed by atoms with Gasteiger partial charge in [-0.3, -0.25) is 4.79 Å². The minimum absolute atomic E-state index is 0.126. The van der Waals surface area contributed by atoms with E-state index in [1.165, 1.54) is 37.5 Å². The van der Waals surface area contributed by atoms with Gasteiger partial charge in [0.05, 0.1) is 18.6 Å². The number of carbonyl (C=O) groups excluding carboxylic acids is 1. The lowest BCUT2D eigenvalue weighted by molar-refractivity contribution is -0.121. The molecule has 7 nitrogen and oxygen atoms in total. The third kappa shape index (κ3) is 5.07. The van der Waals surface area contributed by atoms with Crippen LogP contribution in [0.1, 0.15) is 12.0 Å². The molecule has 1 aliphatic heterocycles. The second-order valence-corrected chi connectivity index (χ2v) is 9.05. The lowest BCUT2D eigenvalue weighted by atomic mass is 10.2. The zero-order chi connectivity index (χ0) is 20.9. The van der Waals surface area contributed by atoms with Crippen LogP contribution in [0.25, 0.3) is 0 Å². The number of likely N-dealkylation sites (N-methyl/N-ethyl adjacent to an activating group) is 1. The van der Waals surface area contributed by atoms with Gasteiger partial charge in [-0.1, -0.05) is 18.2 Å². The zero-order valence-electron chi connectivity index (χ0n) is 16.8. The van der Waals surface area contributed by atoms with E-state index in [2.05, 4.69) is 28.4 Å². The van der Waals surface area contributed by atoms with Gasteiger partial charge in [0.25, 0.3) is 0 Å². The average Bonchev–Trinajstić information content (AvgIpc) is 3.14. The number of carbonyl (C=O) groups is 1. The number of sulfonamides is 1. The molecule has 0 bridgehead atoms. The molecule has 0 radical (unpaired) electrons. The van der Waals surface area contributed by atoms with Crippen LogP contribution in [0.5, 0.6) is 5.75 Å². The molecule has 0 unspecified atom stereocenters. The van der Waals surface area contributed by atoms with Gasteiger partial charge < -0.3 is 15.0 Å². The number of amides is 1. The van der Waals surface area contributed by atoms with Crippen molar-refractivity contribution in [3.05, 3.63) is 54.1 Å². The first kappa shape index (κ1) is 21.1. The maximum absolute atomic E-state index is 12.6. The fourth-order valence-corrected chi connectivity index (χ4v) is 4.53. The first-order chi connectivity index (χ1) is 13.9. The third-order valence-corrected chi connectivity index (χ3v) is 6.86. The molecule has 0 aliphatic carbocycles. The summed E-state index contributed by atoms with van der Waals surface area (Å²) in [6.07, 6.45) is 1.85. The molecule has 2 aromatic carbocycles. The normalized spacial score (nSPS) is 13.4. The first-order valence-electron chi connectivity index (χ1n) is 9.62. The molecule has 0 saturated heterocycles. The summed E-state index contributed by atoms with van der Waals surface area (Å²) in [5, 5.41) is 2.81. The summed E-state index contributed by atoms with van der Waals surface area (Å²) in [5.41, 5.74) is 2.63.